The van der Waals surface area contributed by atoms with Crippen molar-refractivity contribution >= 4 is 0 Å². The monoisotopic (exact) mass is 266 g/mol. The third-order valence-electron chi connectivity index (χ3n) is 4.06. The molecule has 19 heavy (non-hydrogen) atoms. The van der Waals surface area contributed by atoms with Gasteiger partial charge in [-0.1, -0.05) is 13.0 Å². The molecule has 0 aromatic heterocycles. The predicted octanol–water partition coefficient (Wildman–Crippen LogP) is 2.62. The Bertz CT molecular complexity index is 417. The average Bonchev–Trinajstić information content (AvgIpc) is 2.41. The Kier molecular flexibility index (Phi) is 4.77. The van der Waals surface area contributed by atoms with Crippen molar-refractivity contribution in [2.75, 3.05) is 6.54 Å². The lowest BCUT2D eigenvalue weighted by Gasteiger charge is -2.35. The van der Waals surface area contributed by atoms with E-state index in [-0.39, 0.29) is 5.75 Å². The maximum Gasteiger partial charge on any atom is 0.165 e. The van der Waals surface area contributed by atoms with Crippen molar-refractivity contribution in [3.63, 3.8) is 0 Å². The summed E-state index contributed by atoms with van der Waals surface area (Å²) in [5.74, 6) is -0.824. The molecule has 0 atom stereocenters. The van der Waals surface area contributed by atoms with Crippen molar-refractivity contribution < 1.29 is 9.50 Å². The van der Waals surface area contributed by atoms with Crippen LogP contribution in [0.4, 0.5) is 4.39 Å². The highest BCUT2D eigenvalue weighted by atomic mass is 19.1. The summed E-state index contributed by atoms with van der Waals surface area (Å²) in [7, 11) is 0. The van der Waals surface area contributed by atoms with Gasteiger partial charge in [-0.25, -0.2) is 4.39 Å². The molecular weight excluding hydrogens is 243 g/mol. The molecule has 4 heteroatoms. The summed E-state index contributed by atoms with van der Waals surface area (Å²) in [5.41, 5.74) is 6.84. The number of phenolic OH excluding ortho intramolecular Hbond substituents is 1. The van der Waals surface area contributed by atoms with Crippen LogP contribution < -0.4 is 5.73 Å². The summed E-state index contributed by atoms with van der Waals surface area (Å²) in [6.45, 7) is 3.81. The zero-order valence-electron chi connectivity index (χ0n) is 11.5. The van der Waals surface area contributed by atoms with E-state index in [4.69, 9.17) is 5.73 Å². The number of nitrogens with two attached hydrogens (primary N) is 1. The van der Waals surface area contributed by atoms with Crippen LogP contribution in [0.1, 0.15) is 38.2 Å². The molecule has 0 radical (unpaired) electrons. The number of nitrogens with zero attached hydrogens (tertiary/aromatic N) is 1. The highest BCUT2D eigenvalue weighted by Gasteiger charge is 2.23. The Balaban J connectivity index is 2.00. The van der Waals surface area contributed by atoms with Gasteiger partial charge in [0, 0.05) is 18.6 Å². The third-order valence-corrected chi connectivity index (χ3v) is 4.06. The maximum atomic E-state index is 13.3. The summed E-state index contributed by atoms with van der Waals surface area (Å²) in [6.07, 6.45) is 4.39. The first-order valence-corrected chi connectivity index (χ1v) is 7.07. The van der Waals surface area contributed by atoms with Crippen LogP contribution in [0.5, 0.6) is 5.75 Å². The predicted molar refractivity (Wildman–Crippen MR) is 74.4 cm³/mol. The summed E-state index contributed by atoms with van der Waals surface area (Å²) in [4.78, 5) is 2.37. The Morgan fingerprint density at radius 2 is 2.00 bits per heavy atom. The van der Waals surface area contributed by atoms with Crippen LogP contribution in [0, 0.1) is 5.82 Å². The van der Waals surface area contributed by atoms with E-state index in [0.29, 0.717) is 12.1 Å². The number of rotatable bonds is 4. The number of hydrogen-bond donors (Lipinski definition) is 2. The van der Waals surface area contributed by atoms with E-state index in [2.05, 4.69) is 11.8 Å². The molecular formula is C15H23FN2O. The van der Waals surface area contributed by atoms with Crippen molar-refractivity contribution in [1.29, 1.82) is 0 Å². The fourth-order valence-electron chi connectivity index (χ4n) is 2.85. The first kappa shape index (κ1) is 14.3. The lowest BCUT2D eigenvalue weighted by Crippen LogP contribution is -2.40. The van der Waals surface area contributed by atoms with Gasteiger partial charge in [0.05, 0.1) is 0 Å². The molecule has 2 rings (SSSR count). The molecule has 0 bridgehead atoms. The smallest absolute Gasteiger partial charge is 0.165 e. The summed E-state index contributed by atoms with van der Waals surface area (Å²) >= 11 is 0. The SMILES string of the molecule is CCN(Cc1ccc(O)c(F)c1)C1CCC(N)CC1. The van der Waals surface area contributed by atoms with Gasteiger partial charge in [-0.05, 0) is 49.9 Å². The van der Waals surface area contributed by atoms with Gasteiger partial charge < -0.3 is 10.8 Å². The van der Waals surface area contributed by atoms with Crippen molar-refractivity contribution in [1.82, 2.24) is 4.90 Å². The zero-order chi connectivity index (χ0) is 13.8. The number of halogens is 1. The first-order chi connectivity index (χ1) is 9.10. The second-order valence-corrected chi connectivity index (χ2v) is 5.42. The highest BCUT2D eigenvalue weighted by Crippen LogP contribution is 2.24. The van der Waals surface area contributed by atoms with Gasteiger partial charge in [-0.2, -0.15) is 0 Å². The summed E-state index contributed by atoms with van der Waals surface area (Å²) in [6, 6.07) is 5.53. The maximum absolute atomic E-state index is 13.3. The fraction of sp³-hybridized carbons (Fsp3) is 0.600. The number of aromatic hydroxyl groups is 1. The Morgan fingerprint density at radius 3 is 2.58 bits per heavy atom. The molecule has 3 N–H and O–H groups in total. The second-order valence-electron chi connectivity index (χ2n) is 5.42. The molecule has 0 unspecified atom stereocenters. The molecule has 0 aliphatic heterocycles. The standard InChI is InChI=1S/C15H23FN2O/c1-2-18(13-6-4-12(17)5-7-13)10-11-3-8-15(19)14(16)9-11/h3,8-9,12-13,19H,2,4-7,10,17H2,1H3. The van der Waals surface area contributed by atoms with E-state index >= 15 is 0 Å². The minimum Gasteiger partial charge on any atom is -0.505 e. The molecule has 1 aromatic carbocycles. The van der Waals surface area contributed by atoms with Gasteiger partial charge in [0.1, 0.15) is 0 Å². The summed E-state index contributed by atoms with van der Waals surface area (Å²) < 4.78 is 13.3. The largest absolute Gasteiger partial charge is 0.505 e. The minimum absolute atomic E-state index is 0.282. The average molecular weight is 266 g/mol. The number of hydrogen-bond acceptors (Lipinski definition) is 3. The molecule has 1 saturated carbocycles. The minimum atomic E-state index is -0.542. The van der Waals surface area contributed by atoms with Crippen molar-refractivity contribution in [2.45, 2.75) is 51.2 Å². The van der Waals surface area contributed by atoms with E-state index in [1.807, 2.05) is 0 Å². The molecule has 0 spiro atoms. The van der Waals surface area contributed by atoms with Gasteiger partial charge in [-0.3, -0.25) is 4.90 Å². The van der Waals surface area contributed by atoms with Crippen LogP contribution in [-0.2, 0) is 6.54 Å². The van der Waals surface area contributed by atoms with Crippen LogP contribution in [0.3, 0.4) is 0 Å². The van der Waals surface area contributed by atoms with Gasteiger partial charge in [0.15, 0.2) is 11.6 Å². The molecule has 0 saturated heterocycles. The molecule has 1 aliphatic carbocycles. The molecule has 0 amide bonds. The van der Waals surface area contributed by atoms with Crippen LogP contribution in [-0.4, -0.2) is 28.6 Å². The van der Waals surface area contributed by atoms with Gasteiger partial charge >= 0.3 is 0 Å². The zero-order valence-corrected chi connectivity index (χ0v) is 11.5. The van der Waals surface area contributed by atoms with Crippen LogP contribution in [0.15, 0.2) is 18.2 Å². The van der Waals surface area contributed by atoms with Crippen LogP contribution in [0.2, 0.25) is 0 Å². The van der Waals surface area contributed by atoms with E-state index in [1.54, 1.807) is 6.07 Å². The van der Waals surface area contributed by atoms with Crippen LogP contribution in [0.25, 0.3) is 0 Å². The number of benzene rings is 1. The van der Waals surface area contributed by atoms with Crippen LogP contribution >= 0.6 is 0 Å². The normalized spacial score (nSPS) is 23.8. The lowest BCUT2D eigenvalue weighted by atomic mass is 9.90. The molecule has 0 heterocycles. The van der Waals surface area contributed by atoms with Crippen molar-refractivity contribution in [3.8, 4) is 5.75 Å². The Labute approximate surface area is 114 Å². The van der Waals surface area contributed by atoms with E-state index in [0.717, 1.165) is 44.3 Å². The molecule has 3 nitrogen and oxygen atoms in total. The van der Waals surface area contributed by atoms with Crippen molar-refractivity contribution in [2.24, 2.45) is 5.73 Å². The summed E-state index contributed by atoms with van der Waals surface area (Å²) in [5, 5.41) is 9.21. The quantitative estimate of drug-likeness (QED) is 0.880. The van der Waals surface area contributed by atoms with Gasteiger partial charge in [-0.15, -0.1) is 0 Å². The topological polar surface area (TPSA) is 49.5 Å². The Morgan fingerprint density at radius 1 is 1.32 bits per heavy atom. The molecule has 1 aliphatic rings. The van der Waals surface area contributed by atoms with E-state index < -0.39 is 5.82 Å². The van der Waals surface area contributed by atoms with Gasteiger partial charge in [0.25, 0.3) is 0 Å². The Hall–Kier alpha value is -1.13. The van der Waals surface area contributed by atoms with Gasteiger partial charge in [0.2, 0.25) is 0 Å². The highest BCUT2D eigenvalue weighted by molar-refractivity contribution is 5.28. The molecule has 106 valence electrons. The van der Waals surface area contributed by atoms with Crippen molar-refractivity contribution in [3.05, 3.63) is 29.6 Å². The fourth-order valence-corrected chi connectivity index (χ4v) is 2.85. The second kappa shape index (κ2) is 6.35. The first-order valence-electron chi connectivity index (χ1n) is 7.07. The van der Waals surface area contributed by atoms with E-state index in [9.17, 15) is 9.50 Å². The molecule has 1 fully saturated rings. The third kappa shape index (κ3) is 3.67. The molecule has 1 aromatic rings. The van der Waals surface area contributed by atoms with E-state index in [1.165, 1.54) is 12.1 Å². The lowest BCUT2D eigenvalue weighted by molar-refractivity contribution is 0.149. The number of phenols is 1.